The molecule has 5 unspecified atom stereocenters. The minimum absolute atomic E-state index is 0.916. The summed E-state index contributed by atoms with van der Waals surface area (Å²) in [6, 6.07) is 0. The van der Waals surface area contributed by atoms with Gasteiger partial charge in [0.1, 0.15) is 0 Å². The molecule has 770 valence electrons. The quantitative estimate of drug-likeness (QED) is 0.0251. The highest BCUT2D eigenvalue weighted by atomic mass is 30.6. The SMILES string of the molecule is CO[Si]([SiH2]O)([SiH](C)C)[Si](O[SiH2]O)(O[Si]([Si](O[SiH](C)O[Si](C)(C)C)(O[Si](O[Si](O[SiH2]O)([SiH2]O)[SiH2]O)([Si](O[SiH2]O)([SiH2]O)[SiH2]O)[Si](O[SiH2]O)([SiH2]O)[SiH2]O)[Si](O[Si](O[SiH2]O)([SiH2]O)[SiH2]O)([Si](C)(C)O[SiH2]O)[Si](O[SiH2]O)([SiH2]O)[SiH2]O)([Si](O[Si](O[SiH2]O)([SiH2]O)[SiH2]O)([Si](O[SiH2]O)([SiH2]O)[SiH2]O)[Si](O[SiH2]O)([SiH2]O)[SiH2]O)[Si](O[Si](O[SiH2]O)([SiH2]O)[SiH2]O)([Si](O[SiH2]O)([SiH2]O)[SiH2]O)[Si](O[SiH2]O)([SiH2]O)[SiH2]O)[SiH2]O. The molecule has 0 aliphatic carbocycles. The van der Waals surface area contributed by atoms with Crippen LogP contribution in [0.2, 0.25) is 52.4 Å². The van der Waals surface area contributed by atoms with Crippen LogP contribution in [0, 0.1) is 0 Å². The van der Waals surface area contributed by atoms with Crippen LogP contribution in [-0.2, 0) is 90.8 Å². The third-order valence-corrected chi connectivity index (χ3v) is 658. The fraction of sp³-hybridized carbons (Fsp3) is 1.00. The highest BCUT2D eigenvalue weighted by molar-refractivity contribution is 8.34. The summed E-state index contributed by atoms with van der Waals surface area (Å²) in [5.41, 5.74) is 0. The van der Waals surface area contributed by atoms with Gasteiger partial charge in [-0.2, -0.15) is 0 Å². The van der Waals surface area contributed by atoms with Crippen molar-refractivity contribution >= 4 is 522 Å². The molecular weight excluding hydrogens is 2740 g/mol. The molecule has 119 heteroatoms. The van der Waals surface area contributed by atoms with Crippen molar-refractivity contribution in [1.82, 2.24) is 0 Å². The van der Waals surface area contributed by atoms with Gasteiger partial charge in [-0.25, -0.2) is 0 Å². The van der Waals surface area contributed by atoms with E-state index in [4.69, 9.17) is 82.6 Å². The Labute approximate surface area is 840 Å². The maximum Gasteiger partial charge on any atom is 0.339 e. The first kappa shape index (κ1) is 139. The Hall–Kier alpha value is 10.7. The smallest absolute Gasteiger partial charge is 0.339 e. The summed E-state index contributed by atoms with van der Waals surface area (Å²) in [6.07, 6.45) is 0. The normalized spacial score (nSPS) is 25.7. The molecule has 37 N–H and O–H groups in total. The average molecular weight is 2880 g/mol. The molecule has 5 atom stereocenters. The second-order valence-electron chi connectivity index (χ2n) is 29.9. The maximum absolute atomic E-state index is 14.5. The molecule has 0 fully saturated rings. The van der Waals surface area contributed by atoms with Gasteiger partial charge < -0.3 is 268 Å². The minimum Gasteiger partial charge on any atom is -0.442 e. The third-order valence-electron chi connectivity index (χ3n) is 22.3. The Bertz CT molecular complexity index is 2820. The van der Waals surface area contributed by atoms with Crippen LogP contribution in [0.5, 0.6) is 0 Å². The van der Waals surface area contributed by atoms with Crippen molar-refractivity contribution in [3.8, 4) is 0 Å². The summed E-state index contributed by atoms with van der Waals surface area (Å²) in [5, 5.41) is 0. The maximum atomic E-state index is 14.5. The topological polar surface area (TPSA) is 952 Å². The van der Waals surface area contributed by atoms with E-state index in [-0.39, 0.29) is 0 Å². The van der Waals surface area contributed by atoms with Crippen LogP contribution in [0.3, 0.4) is 0 Å². The summed E-state index contributed by atoms with van der Waals surface area (Å²) < 4.78 is 166. The monoisotopic (exact) mass is 2870 g/mol. The molecule has 0 spiro atoms. The molecule has 0 saturated heterocycles. The molecule has 59 nitrogen and oxygen atoms in total. The zero-order valence-electron chi connectivity index (χ0n) is 72.3. The fourth-order valence-corrected chi connectivity index (χ4v) is 1170. The van der Waals surface area contributed by atoms with Crippen LogP contribution in [-0.4, -0.2) is 707 Å². The van der Waals surface area contributed by atoms with Crippen molar-refractivity contribution in [1.29, 1.82) is 0 Å². The Kier molecular flexibility index (Phi) is 68.5. The van der Waals surface area contributed by atoms with E-state index in [1.165, 1.54) is 32.7 Å². The van der Waals surface area contributed by atoms with Gasteiger partial charge in [-0.3, -0.25) is 0 Å². The van der Waals surface area contributed by atoms with Gasteiger partial charge in [0.25, 0.3) is 167 Å². The summed E-state index contributed by atoms with van der Waals surface area (Å²) >= 11 is 0. The van der Waals surface area contributed by atoms with Crippen molar-refractivity contribution in [2.24, 2.45) is 0 Å². The van der Waals surface area contributed by atoms with Crippen molar-refractivity contribution in [3.05, 3.63) is 0 Å². The van der Waals surface area contributed by atoms with Gasteiger partial charge in [0.2, 0.25) is 138 Å². The molecule has 0 radical (unpaired) electrons. The van der Waals surface area contributed by atoms with Gasteiger partial charge in [-0.05, 0) is 39.3 Å². The van der Waals surface area contributed by atoms with Gasteiger partial charge in [-0.1, -0.05) is 13.1 Å². The molecule has 0 saturated carbocycles. The van der Waals surface area contributed by atoms with E-state index in [1.807, 2.05) is 0 Å². The van der Waals surface area contributed by atoms with Gasteiger partial charge in [0.15, 0.2) is 155 Å². The first-order chi connectivity index (χ1) is 60.3. The molecule has 0 heterocycles. The second kappa shape index (κ2) is 63.2. The number of hydrogen-bond donors (Lipinski definition) is 37. The van der Waals surface area contributed by atoms with E-state index in [0.717, 1.165) is 26.8 Å². The molecule has 0 aliphatic heterocycles. The lowest BCUT2D eigenvalue weighted by Crippen LogP contribution is -3.21. The number of rotatable bonds is 81. The van der Waals surface area contributed by atoms with Crippen molar-refractivity contribution in [2.75, 3.05) is 7.11 Å². The van der Waals surface area contributed by atoms with Crippen molar-refractivity contribution in [2.45, 2.75) is 52.4 Å². The molecule has 0 aromatic heterocycles. The Morgan fingerprint density at radius 1 is 0.203 bits per heavy atom. The van der Waals surface area contributed by atoms with Crippen LogP contribution in [0.1, 0.15) is 0 Å². The first-order valence-corrected chi connectivity index (χ1v) is 186. The zero-order valence-corrected chi connectivity index (χ0v) is 148. The highest BCUT2D eigenvalue weighted by Crippen LogP contribution is 2.61. The van der Waals surface area contributed by atoms with Crippen molar-refractivity contribution < 1.29 is 268 Å². The summed E-state index contributed by atoms with van der Waals surface area (Å²) in [4.78, 5) is 497. The summed E-state index contributed by atoms with van der Waals surface area (Å²) in [6.45, 7) is -77.8. The predicted octanol–water partition coefficient (Wildman–Crippen LogP) is -60.5. The lowest BCUT2D eigenvalue weighted by Gasteiger charge is -2.77. The average Bonchev–Trinajstić information content (AvgIpc) is 0.614. The fourth-order valence-electron chi connectivity index (χ4n) is 16.3. The lowest BCUT2D eigenvalue weighted by molar-refractivity contribution is 0.298. The standard InChI is InChI=1S/C9H140O59Si60/c1-47-124(105-46,106(2)3)114(90-31,53-74-15)67-126(127(120(97-38,98-39)57-78-19,121(99-40,100-41)58-79-20)65-112(86-27,87-28)51-72-13,128(122(101-42,102-43)59-80-21,123(103-44,104-45)60-81-22)66-113(88-29,89-30)52-73-14)115(62-107(4)61-108(5,6)7,125(109(8,9)48-69-10,119(95-36,96-37)56-77-18)64-111(84-25,85-26)50-71-12)68-116(117(91-32,92-33)54-75-16,118(93-34,94-35)55-76-17)63-110(82-23,83-24)49-70-11/h10-46,106-107H,69-105H2,1-9H3. The first-order valence-electron chi connectivity index (χ1n) is 38.3. The van der Waals surface area contributed by atoms with Gasteiger partial charge >= 0.3 is 53.2 Å². The summed E-state index contributed by atoms with van der Waals surface area (Å²) in [7, 11) is -217. The molecule has 0 amide bonds. The molecule has 0 aromatic carbocycles. The van der Waals surface area contributed by atoms with E-state index in [2.05, 4.69) is 0 Å². The zero-order chi connectivity index (χ0) is 99.4. The van der Waals surface area contributed by atoms with E-state index >= 15 is 0 Å². The van der Waals surface area contributed by atoms with Crippen LogP contribution in [0.25, 0.3) is 0 Å². The van der Waals surface area contributed by atoms with Crippen molar-refractivity contribution in [3.63, 3.8) is 0 Å². The summed E-state index contributed by atoms with van der Waals surface area (Å²) in [5.74, 6) is 0. The molecule has 0 rings (SSSR count). The second-order valence-corrected chi connectivity index (χ2v) is 368. The molecule has 0 bridgehead atoms. The van der Waals surface area contributed by atoms with Crippen LogP contribution >= 0.6 is 0 Å². The van der Waals surface area contributed by atoms with Gasteiger partial charge in [0, 0.05) is 7.11 Å². The van der Waals surface area contributed by atoms with Crippen LogP contribution in [0.15, 0.2) is 0 Å². The Balaban J connectivity index is 18.7. The Morgan fingerprint density at radius 2 is 0.438 bits per heavy atom. The highest BCUT2D eigenvalue weighted by Gasteiger charge is 3.07. The van der Waals surface area contributed by atoms with Gasteiger partial charge in [0.05, 0.1) is 8.31 Å². The van der Waals surface area contributed by atoms with Gasteiger partial charge in [-0.15, -0.1) is 0 Å². The van der Waals surface area contributed by atoms with Crippen LogP contribution in [0.4, 0.5) is 0 Å². The predicted molar refractivity (Wildman–Crippen MR) is 610 cm³/mol. The Morgan fingerprint density at radius 3 is 0.641 bits per heavy atom. The minimum atomic E-state index is -9.34. The molecular formula is C9H140O59Si60. The molecule has 0 aliphatic rings. The third kappa shape index (κ3) is 26.7. The molecule has 128 heavy (non-hydrogen) atoms. The van der Waals surface area contributed by atoms with E-state index in [1.54, 1.807) is 0 Å². The van der Waals surface area contributed by atoms with E-state index in [0.29, 0.717) is 0 Å². The van der Waals surface area contributed by atoms with E-state index < -0.39 is 522 Å². The largest absolute Gasteiger partial charge is 0.442 e. The van der Waals surface area contributed by atoms with Crippen LogP contribution < -0.4 is 0 Å². The number of hydrogen-bond acceptors (Lipinski definition) is 59. The molecule has 0 aromatic rings. The lowest BCUT2D eigenvalue weighted by atomic mass is 11.8. The van der Waals surface area contributed by atoms with E-state index in [9.17, 15) is 186 Å².